The van der Waals surface area contributed by atoms with E-state index in [1.54, 1.807) is 6.92 Å². The Morgan fingerprint density at radius 3 is 2.36 bits per heavy atom. The fourth-order valence-corrected chi connectivity index (χ4v) is 2.89. The molecule has 0 radical (unpaired) electrons. The molecule has 1 aromatic carbocycles. The second-order valence-electron chi connectivity index (χ2n) is 5.28. The molecule has 0 saturated carbocycles. The second-order valence-corrected chi connectivity index (χ2v) is 6.86. The average Bonchev–Trinajstić information content (AvgIpc) is 2.74. The van der Waals surface area contributed by atoms with Crippen LogP contribution in [0.3, 0.4) is 0 Å². The lowest BCUT2D eigenvalue weighted by Crippen LogP contribution is -2.30. The van der Waals surface area contributed by atoms with Crippen LogP contribution < -0.4 is 10.1 Å². The molecule has 1 unspecified atom stereocenters. The predicted molar refractivity (Wildman–Crippen MR) is 91.2 cm³/mol. The van der Waals surface area contributed by atoms with E-state index in [9.17, 15) is 4.79 Å². The van der Waals surface area contributed by atoms with Crippen LogP contribution in [0.1, 0.15) is 28.6 Å². The van der Waals surface area contributed by atoms with Crippen molar-refractivity contribution in [3.05, 3.63) is 38.9 Å². The lowest BCUT2D eigenvalue weighted by molar-refractivity contribution is -0.122. The second kappa shape index (κ2) is 6.67. The van der Waals surface area contributed by atoms with Crippen molar-refractivity contribution in [1.29, 1.82) is 0 Å². The predicted octanol–water partition coefficient (Wildman–Crippen LogP) is 4.44. The number of carbonyl (C=O) groups excluding carboxylic acids is 1. The Morgan fingerprint density at radius 1 is 1.27 bits per heavy atom. The Balaban J connectivity index is 2.05. The van der Waals surface area contributed by atoms with Gasteiger partial charge in [0.1, 0.15) is 5.75 Å². The first kappa shape index (κ1) is 16.8. The standard InChI is InChI=1S/C16H19ClN2O2S/c1-8-6-13(7-9(2)14(8)17)21-11(4)15(20)19-16-18-10(3)12(5)22-16/h6-7,11H,1-5H3,(H,18,19,20). The van der Waals surface area contributed by atoms with Crippen molar-refractivity contribution in [2.24, 2.45) is 0 Å². The molecular weight excluding hydrogens is 320 g/mol. The fourth-order valence-electron chi connectivity index (χ4n) is 1.97. The number of rotatable bonds is 4. The van der Waals surface area contributed by atoms with Crippen molar-refractivity contribution in [2.45, 2.75) is 40.7 Å². The Labute approximate surface area is 139 Å². The summed E-state index contributed by atoms with van der Waals surface area (Å²) in [5.74, 6) is 0.410. The summed E-state index contributed by atoms with van der Waals surface area (Å²) in [6.45, 7) is 9.42. The van der Waals surface area contributed by atoms with E-state index in [-0.39, 0.29) is 5.91 Å². The molecule has 4 nitrogen and oxygen atoms in total. The Hall–Kier alpha value is -1.59. The Bertz CT molecular complexity index is 670. The maximum Gasteiger partial charge on any atom is 0.266 e. The van der Waals surface area contributed by atoms with E-state index in [2.05, 4.69) is 10.3 Å². The number of anilines is 1. The molecule has 1 atom stereocenters. The van der Waals surface area contributed by atoms with Gasteiger partial charge in [-0.15, -0.1) is 11.3 Å². The molecular formula is C16H19ClN2O2S. The molecule has 6 heteroatoms. The summed E-state index contributed by atoms with van der Waals surface area (Å²) in [4.78, 5) is 17.6. The van der Waals surface area contributed by atoms with Crippen LogP contribution in [0, 0.1) is 27.7 Å². The van der Waals surface area contributed by atoms with Crippen molar-refractivity contribution < 1.29 is 9.53 Å². The van der Waals surface area contributed by atoms with Gasteiger partial charge in [-0.2, -0.15) is 0 Å². The van der Waals surface area contributed by atoms with Crippen LogP contribution in [-0.4, -0.2) is 17.0 Å². The first-order valence-corrected chi connectivity index (χ1v) is 8.15. The third-order valence-electron chi connectivity index (χ3n) is 3.35. The van der Waals surface area contributed by atoms with Crippen LogP contribution in [-0.2, 0) is 4.79 Å². The van der Waals surface area contributed by atoms with Gasteiger partial charge in [0, 0.05) is 9.90 Å². The summed E-state index contributed by atoms with van der Waals surface area (Å²) in [6, 6.07) is 3.66. The van der Waals surface area contributed by atoms with Crippen molar-refractivity contribution in [3.63, 3.8) is 0 Å². The van der Waals surface area contributed by atoms with Crippen LogP contribution >= 0.6 is 22.9 Å². The van der Waals surface area contributed by atoms with Gasteiger partial charge in [0.2, 0.25) is 0 Å². The minimum Gasteiger partial charge on any atom is -0.481 e. The van der Waals surface area contributed by atoms with Crippen molar-refractivity contribution in [3.8, 4) is 5.75 Å². The zero-order valence-corrected chi connectivity index (χ0v) is 14.9. The first-order chi connectivity index (χ1) is 10.3. The van der Waals surface area contributed by atoms with Gasteiger partial charge in [0.25, 0.3) is 5.91 Å². The zero-order chi connectivity index (χ0) is 16.4. The number of hydrogen-bond acceptors (Lipinski definition) is 4. The monoisotopic (exact) mass is 338 g/mol. The minimum absolute atomic E-state index is 0.223. The molecule has 0 spiro atoms. The molecule has 2 rings (SSSR count). The lowest BCUT2D eigenvalue weighted by atomic mass is 10.1. The largest absolute Gasteiger partial charge is 0.481 e. The number of carbonyl (C=O) groups is 1. The molecule has 1 amide bonds. The summed E-state index contributed by atoms with van der Waals surface area (Å²) in [6.07, 6.45) is -0.621. The summed E-state index contributed by atoms with van der Waals surface area (Å²) in [5, 5.41) is 4.10. The van der Waals surface area contributed by atoms with Crippen LogP contribution in [0.5, 0.6) is 5.75 Å². The number of nitrogens with one attached hydrogen (secondary N) is 1. The van der Waals surface area contributed by atoms with Crippen LogP contribution in [0.25, 0.3) is 0 Å². The summed E-state index contributed by atoms with van der Waals surface area (Å²) in [5.41, 5.74) is 2.78. The topological polar surface area (TPSA) is 51.2 Å². The fraction of sp³-hybridized carbons (Fsp3) is 0.375. The van der Waals surface area contributed by atoms with Gasteiger partial charge in [-0.25, -0.2) is 4.98 Å². The van der Waals surface area contributed by atoms with Crippen LogP contribution in [0.4, 0.5) is 5.13 Å². The first-order valence-electron chi connectivity index (χ1n) is 6.96. The van der Waals surface area contributed by atoms with Crippen LogP contribution in [0.15, 0.2) is 12.1 Å². The molecule has 1 heterocycles. The zero-order valence-electron chi connectivity index (χ0n) is 13.3. The molecule has 0 aliphatic carbocycles. The van der Waals surface area contributed by atoms with E-state index >= 15 is 0 Å². The number of aryl methyl sites for hydroxylation is 4. The molecule has 22 heavy (non-hydrogen) atoms. The molecule has 1 aromatic heterocycles. The molecule has 2 aromatic rings. The highest BCUT2D eigenvalue weighted by atomic mass is 35.5. The summed E-state index contributed by atoms with van der Waals surface area (Å²) < 4.78 is 5.71. The quantitative estimate of drug-likeness (QED) is 0.896. The molecule has 118 valence electrons. The van der Waals surface area contributed by atoms with Crippen molar-refractivity contribution in [1.82, 2.24) is 4.98 Å². The third-order valence-corrected chi connectivity index (χ3v) is 4.94. The number of hydrogen-bond donors (Lipinski definition) is 1. The lowest BCUT2D eigenvalue weighted by Gasteiger charge is -2.15. The number of amides is 1. The molecule has 0 aliphatic rings. The highest BCUT2D eigenvalue weighted by Gasteiger charge is 2.17. The maximum atomic E-state index is 12.2. The molecule has 1 N–H and O–H groups in total. The number of benzene rings is 1. The number of halogens is 1. The smallest absolute Gasteiger partial charge is 0.266 e. The minimum atomic E-state index is -0.621. The van der Waals surface area contributed by atoms with Gasteiger partial charge in [0.15, 0.2) is 11.2 Å². The summed E-state index contributed by atoms with van der Waals surface area (Å²) in [7, 11) is 0. The SMILES string of the molecule is Cc1cc(OC(C)C(=O)Nc2nc(C)c(C)s2)cc(C)c1Cl. The van der Waals surface area contributed by atoms with Gasteiger partial charge >= 0.3 is 0 Å². The van der Waals surface area contributed by atoms with Gasteiger partial charge < -0.3 is 4.74 Å². The molecule has 0 aliphatic heterocycles. The van der Waals surface area contributed by atoms with E-state index in [0.717, 1.165) is 26.7 Å². The molecule has 0 bridgehead atoms. The van der Waals surface area contributed by atoms with E-state index in [0.29, 0.717) is 10.9 Å². The number of ether oxygens (including phenoxy) is 1. The van der Waals surface area contributed by atoms with E-state index in [4.69, 9.17) is 16.3 Å². The summed E-state index contributed by atoms with van der Waals surface area (Å²) >= 11 is 7.59. The van der Waals surface area contributed by atoms with Gasteiger partial charge in [-0.1, -0.05) is 11.6 Å². The maximum absolute atomic E-state index is 12.2. The molecule has 0 saturated heterocycles. The van der Waals surface area contributed by atoms with Crippen molar-refractivity contribution in [2.75, 3.05) is 5.32 Å². The van der Waals surface area contributed by atoms with Gasteiger partial charge in [-0.3, -0.25) is 10.1 Å². The molecule has 0 fully saturated rings. The van der Waals surface area contributed by atoms with Crippen LogP contribution in [0.2, 0.25) is 5.02 Å². The van der Waals surface area contributed by atoms with E-state index < -0.39 is 6.10 Å². The number of nitrogens with zero attached hydrogens (tertiary/aromatic N) is 1. The number of thiazole rings is 1. The Morgan fingerprint density at radius 2 is 1.86 bits per heavy atom. The average molecular weight is 339 g/mol. The Kier molecular flexibility index (Phi) is 5.08. The third kappa shape index (κ3) is 3.78. The van der Waals surface area contributed by atoms with E-state index in [1.807, 2.05) is 39.8 Å². The number of aromatic nitrogens is 1. The van der Waals surface area contributed by atoms with Gasteiger partial charge in [0.05, 0.1) is 5.69 Å². The van der Waals surface area contributed by atoms with Crippen molar-refractivity contribution >= 4 is 34.0 Å². The van der Waals surface area contributed by atoms with E-state index in [1.165, 1.54) is 11.3 Å². The highest BCUT2D eigenvalue weighted by molar-refractivity contribution is 7.15. The highest BCUT2D eigenvalue weighted by Crippen LogP contribution is 2.27. The normalized spacial score (nSPS) is 12.1. The van der Waals surface area contributed by atoms with Gasteiger partial charge in [-0.05, 0) is 57.9 Å².